The number of hydrogen-bond acceptors (Lipinski definition) is 3. The van der Waals surface area contributed by atoms with E-state index in [-0.39, 0.29) is 17.9 Å². The topological polar surface area (TPSA) is 57.6 Å². The lowest BCUT2D eigenvalue weighted by Gasteiger charge is -2.24. The Balaban J connectivity index is 2.19. The van der Waals surface area contributed by atoms with Gasteiger partial charge < -0.3 is 10.0 Å². The van der Waals surface area contributed by atoms with Gasteiger partial charge in [0.2, 0.25) is 0 Å². The number of benzene rings is 2. The Morgan fingerprint density at radius 3 is 2.36 bits per heavy atom. The summed E-state index contributed by atoms with van der Waals surface area (Å²) in [6, 6.07) is 15.8. The lowest BCUT2D eigenvalue weighted by atomic mass is 9.95. The van der Waals surface area contributed by atoms with E-state index in [1.54, 1.807) is 18.2 Å². The van der Waals surface area contributed by atoms with Gasteiger partial charge in [0.1, 0.15) is 5.76 Å². The van der Waals surface area contributed by atoms with Gasteiger partial charge in [0.05, 0.1) is 11.6 Å². The maximum absolute atomic E-state index is 12.6. The Kier molecular flexibility index (Phi) is 4.52. The Labute approximate surface area is 146 Å². The van der Waals surface area contributed by atoms with Crippen LogP contribution >= 0.6 is 0 Å². The largest absolute Gasteiger partial charge is 0.507 e. The molecule has 4 nitrogen and oxygen atoms in total. The van der Waals surface area contributed by atoms with Crippen molar-refractivity contribution in [1.82, 2.24) is 4.90 Å². The summed E-state index contributed by atoms with van der Waals surface area (Å²) in [4.78, 5) is 26.5. The molecule has 1 aliphatic heterocycles. The second-order valence-electron chi connectivity index (χ2n) is 6.02. The van der Waals surface area contributed by atoms with Gasteiger partial charge in [-0.1, -0.05) is 66.2 Å². The van der Waals surface area contributed by atoms with Crippen molar-refractivity contribution in [2.75, 3.05) is 6.54 Å². The molecule has 1 saturated heterocycles. The lowest BCUT2D eigenvalue weighted by Crippen LogP contribution is -2.29. The van der Waals surface area contributed by atoms with Gasteiger partial charge in [-0.25, -0.2) is 0 Å². The van der Waals surface area contributed by atoms with Gasteiger partial charge in [-0.15, -0.1) is 6.58 Å². The van der Waals surface area contributed by atoms with Gasteiger partial charge >= 0.3 is 0 Å². The third-order valence-corrected chi connectivity index (χ3v) is 4.31. The van der Waals surface area contributed by atoms with Gasteiger partial charge in [-0.2, -0.15) is 0 Å². The zero-order valence-corrected chi connectivity index (χ0v) is 14.0. The van der Waals surface area contributed by atoms with Crippen molar-refractivity contribution in [1.29, 1.82) is 0 Å². The van der Waals surface area contributed by atoms with Crippen LogP contribution in [0.5, 0.6) is 0 Å². The van der Waals surface area contributed by atoms with Gasteiger partial charge in [-0.05, 0) is 12.5 Å². The van der Waals surface area contributed by atoms with Gasteiger partial charge in [-0.3, -0.25) is 9.59 Å². The van der Waals surface area contributed by atoms with E-state index in [2.05, 4.69) is 6.58 Å². The van der Waals surface area contributed by atoms with E-state index in [0.717, 1.165) is 11.1 Å². The molecule has 0 spiro atoms. The number of hydrogen-bond donors (Lipinski definition) is 1. The molecule has 1 heterocycles. The Morgan fingerprint density at radius 1 is 1.12 bits per heavy atom. The summed E-state index contributed by atoms with van der Waals surface area (Å²) in [5, 5.41) is 10.8. The van der Waals surface area contributed by atoms with Crippen LogP contribution in [0.3, 0.4) is 0 Å². The third-order valence-electron chi connectivity index (χ3n) is 4.31. The summed E-state index contributed by atoms with van der Waals surface area (Å²) in [6.07, 6.45) is 1.58. The van der Waals surface area contributed by atoms with Crippen molar-refractivity contribution >= 4 is 17.4 Å². The van der Waals surface area contributed by atoms with Crippen LogP contribution in [-0.2, 0) is 9.59 Å². The predicted molar refractivity (Wildman–Crippen MR) is 96.8 cm³/mol. The molecule has 1 atom stereocenters. The van der Waals surface area contributed by atoms with Crippen LogP contribution in [0.15, 0.2) is 72.8 Å². The number of likely N-dealkylation sites (tertiary alicyclic amines) is 1. The number of nitrogens with zero attached hydrogens (tertiary/aromatic N) is 1. The van der Waals surface area contributed by atoms with Crippen LogP contribution in [0.1, 0.15) is 22.7 Å². The minimum Gasteiger partial charge on any atom is -0.507 e. The predicted octanol–water partition coefficient (Wildman–Crippen LogP) is 3.60. The monoisotopic (exact) mass is 333 g/mol. The molecule has 0 aliphatic carbocycles. The molecular weight excluding hydrogens is 314 g/mol. The highest BCUT2D eigenvalue weighted by molar-refractivity contribution is 6.46. The summed E-state index contributed by atoms with van der Waals surface area (Å²) in [5.74, 6) is -1.45. The summed E-state index contributed by atoms with van der Waals surface area (Å²) in [6.45, 7) is 5.84. The van der Waals surface area contributed by atoms with Crippen LogP contribution in [-0.4, -0.2) is 28.2 Å². The molecule has 1 N–H and O–H groups in total. The standard InChI is InChI=1S/C21H19NO3/c1-3-13-22-18(15-7-5-4-6-8-15)17(20(24)21(22)25)19(23)16-11-9-14(2)10-12-16/h3-12,18,23H,1,13H2,2H3/t18-/m1/s1. The first-order valence-corrected chi connectivity index (χ1v) is 8.06. The van der Waals surface area contributed by atoms with E-state index in [1.165, 1.54) is 4.90 Å². The fraction of sp³-hybridized carbons (Fsp3) is 0.143. The second kappa shape index (κ2) is 6.77. The molecule has 0 radical (unpaired) electrons. The van der Waals surface area contributed by atoms with Gasteiger partial charge in [0.25, 0.3) is 11.7 Å². The average molecular weight is 333 g/mol. The fourth-order valence-corrected chi connectivity index (χ4v) is 3.06. The number of aliphatic hydroxyl groups is 1. The Bertz CT molecular complexity index is 850. The zero-order chi connectivity index (χ0) is 18.0. The summed E-state index contributed by atoms with van der Waals surface area (Å²) in [5.41, 5.74) is 2.45. The molecule has 0 saturated carbocycles. The van der Waals surface area contributed by atoms with Crippen molar-refractivity contribution in [3.8, 4) is 0 Å². The molecule has 0 bridgehead atoms. The number of carbonyl (C=O) groups is 2. The van der Waals surface area contributed by atoms with E-state index in [0.29, 0.717) is 5.56 Å². The number of amides is 1. The van der Waals surface area contributed by atoms with Crippen LogP contribution in [0.4, 0.5) is 0 Å². The number of Topliss-reactive ketones (excluding diaryl/α,β-unsaturated/α-hetero) is 1. The lowest BCUT2D eigenvalue weighted by molar-refractivity contribution is -0.139. The van der Waals surface area contributed by atoms with E-state index < -0.39 is 17.7 Å². The van der Waals surface area contributed by atoms with Crippen molar-refractivity contribution in [3.05, 3.63) is 89.5 Å². The number of aliphatic hydroxyl groups excluding tert-OH is 1. The maximum Gasteiger partial charge on any atom is 0.295 e. The first kappa shape index (κ1) is 16.7. The molecular formula is C21H19NO3. The molecule has 1 fully saturated rings. The molecule has 1 aliphatic rings. The molecule has 1 amide bonds. The fourth-order valence-electron chi connectivity index (χ4n) is 3.06. The minimum absolute atomic E-state index is 0.113. The van der Waals surface area contributed by atoms with E-state index >= 15 is 0 Å². The van der Waals surface area contributed by atoms with Gasteiger partial charge in [0.15, 0.2) is 0 Å². The zero-order valence-electron chi connectivity index (χ0n) is 14.0. The molecule has 4 heteroatoms. The molecule has 2 aromatic rings. The van der Waals surface area contributed by atoms with Crippen molar-refractivity contribution in [3.63, 3.8) is 0 Å². The molecule has 0 aromatic heterocycles. The highest BCUT2D eigenvalue weighted by atomic mass is 16.3. The summed E-state index contributed by atoms with van der Waals surface area (Å²) >= 11 is 0. The van der Waals surface area contributed by atoms with E-state index in [9.17, 15) is 14.7 Å². The molecule has 3 rings (SSSR count). The Hall–Kier alpha value is -3.14. The average Bonchev–Trinajstić information content (AvgIpc) is 2.88. The normalized spacial score (nSPS) is 19.2. The van der Waals surface area contributed by atoms with Crippen molar-refractivity contribution in [2.45, 2.75) is 13.0 Å². The van der Waals surface area contributed by atoms with Crippen LogP contribution < -0.4 is 0 Å². The number of aryl methyl sites for hydroxylation is 1. The first-order valence-electron chi connectivity index (χ1n) is 8.06. The number of rotatable bonds is 4. The molecule has 0 unspecified atom stereocenters. The molecule has 126 valence electrons. The van der Waals surface area contributed by atoms with Gasteiger partial charge in [0, 0.05) is 12.1 Å². The third kappa shape index (κ3) is 2.98. The summed E-state index contributed by atoms with van der Waals surface area (Å²) < 4.78 is 0. The SMILES string of the molecule is C=CCN1C(=O)C(=O)C(=C(O)c2ccc(C)cc2)[C@H]1c1ccccc1. The minimum atomic E-state index is -0.672. The van der Waals surface area contributed by atoms with Crippen LogP contribution in [0.25, 0.3) is 5.76 Å². The molecule has 2 aromatic carbocycles. The summed E-state index contributed by atoms with van der Waals surface area (Å²) in [7, 11) is 0. The number of carbonyl (C=O) groups excluding carboxylic acids is 2. The highest BCUT2D eigenvalue weighted by Crippen LogP contribution is 2.39. The van der Waals surface area contributed by atoms with Crippen molar-refractivity contribution < 1.29 is 14.7 Å². The smallest absolute Gasteiger partial charge is 0.295 e. The van der Waals surface area contributed by atoms with Crippen LogP contribution in [0.2, 0.25) is 0 Å². The number of ketones is 1. The first-order chi connectivity index (χ1) is 12.0. The second-order valence-corrected chi connectivity index (χ2v) is 6.02. The maximum atomic E-state index is 12.6. The van der Waals surface area contributed by atoms with E-state index in [4.69, 9.17) is 0 Å². The Morgan fingerprint density at radius 2 is 1.76 bits per heavy atom. The molecule has 25 heavy (non-hydrogen) atoms. The quantitative estimate of drug-likeness (QED) is 0.402. The van der Waals surface area contributed by atoms with E-state index in [1.807, 2.05) is 49.4 Å². The highest BCUT2D eigenvalue weighted by Gasteiger charge is 2.45. The van der Waals surface area contributed by atoms with Crippen LogP contribution in [0, 0.1) is 6.92 Å². The van der Waals surface area contributed by atoms with Crippen molar-refractivity contribution in [2.24, 2.45) is 0 Å².